The van der Waals surface area contributed by atoms with E-state index in [0.29, 0.717) is 5.39 Å². The van der Waals surface area contributed by atoms with Crippen LogP contribution in [0.25, 0.3) is 21.9 Å². The standard InChI is InChI=1S/C12H10O2.C10H8O2.2C6H6O2/c13-11-5-1-9(2-6-11)10-3-7-12(14)8-4-10;11-9-6-5-7-3-1-2-4-8(7)10(9)12;7-5-1-2-6(8)4-3-5;7-5-2-1-3-6(8)4-5/h1-8,13-14H;1-6,11-12H;2*1-4,7-8H. The van der Waals surface area contributed by atoms with Crippen LogP contribution >= 0.6 is 0 Å². The Kier molecular flexibility index (Phi) is 10.9. The number of phenols is 8. The summed E-state index contributed by atoms with van der Waals surface area (Å²) in [6.45, 7) is 0. The van der Waals surface area contributed by atoms with Gasteiger partial charge in [0.25, 0.3) is 0 Å². The minimum Gasteiger partial charge on any atom is -0.508 e. The van der Waals surface area contributed by atoms with Gasteiger partial charge in [-0.3, -0.25) is 0 Å². The highest BCUT2D eigenvalue weighted by molar-refractivity contribution is 5.90. The van der Waals surface area contributed by atoms with Crippen LogP contribution < -0.4 is 0 Å². The van der Waals surface area contributed by atoms with Crippen LogP contribution in [0.2, 0.25) is 0 Å². The lowest BCUT2D eigenvalue weighted by Gasteiger charge is -2.01. The summed E-state index contributed by atoms with van der Waals surface area (Å²) in [7, 11) is 0. The van der Waals surface area contributed by atoms with E-state index in [2.05, 4.69) is 0 Å². The second kappa shape index (κ2) is 14.9. The van der Waals surface area contributed by atoms with Gasteiger partial charge in [0.15, 0.2) is 11.5 Å². The van der Waals surface area contributed by atoms with Crippen molar-refractivity contribution in [2.75, 3.05) is 0 Å². The summed E-state index contributed by atoms with van der Waals surface area (Å²) in [5, 5.41) is 73.0. The lowest BCUT2D eigenvalue weighted by atomic mass is 10.1. The first-order valence-corrected chi connectivity index (χ1v) is 12.6. The summed E-state index contributed by atoms with van der Waals surface area (Å²) in [4.78, 5) is 0. The minimum absolute atomic E-state index is 0.0481. The Bertz CT molecular complexity index is 1600. The van der Waals surface area contributed by atoms with E-state index in [0.717, 1.165) is 16.5 Å². The zero-order valence-corrected chi connectivity index (χ0v) is 22.3. The van der Waals surface area contributed by atoms with Crippen LogP contribution in [0.4, 0.5) is 0 Å². The molecule has 0 spiro atoms. The Hall–Kier alpha value is -6.02. The Labute approximate surface area is 242 Å². The van der Waals surface area contributed by atoms with E-state index < -0.39 is 0 Å². The van der Waals surface area contributed by atoms with Crippen molar-refractivity contribution in [1.29, 1.82) is 0 Å². The fraction of sp³-hybridized carbons (Fsp3) is 0. The Morgan fingerprint density at radius 2 is 0.714 bits per heavy atom. The quantitative estimate of drug-likeness (QED) is 0.0765. The fourth-order valence-electron chi connectivity index (χ4n) is 3.50. The van der Waals surface area contributed by atoms with E-state index >= 15 is 0 Å². The molecule has 0 aromatic heterocycles. The van der Waals surface area contributed by atoms with Crippen molar-refractivity contribution in [3.8, 4) is 57.1 Å². The fourth-order valence-corrected chi connectivity index (χ4v) is 3.50. The molecule has 8 nitrogen and oxygen atoms in total. The summed E-state index contributed by atoms with van der Waals surface area (Å²) in [5.41, 5.74) is 2.03. The third kappa shape index (κ3) is 9.62. The molecule has 6 aromatic carbocycles. The van der Waals surface area contributed by atoms with Crippen molar-refractivity contribution >= 4 is 10.8 Å². The lowest BCUT2D eigenvalue weighted by molar-refractivity contribution is 0.408. The van der Waals surface area contributed by atoms with Crippen molar-refractivity contribution in [2.24, 2.45) is 0 Å². The maximum atomic E-state index is 9.41. The van der Waals surface area contributed by atoms with Crippen LogP contribution in [-0.2, 0) is 0 Å². The molecule has 0 atom stereocenters. The van der Waals surface area contributed by atoms with Gasteiger partial charge in [0.05, 0.1) is 0 Å². The summed E-state index contributed by atoms with van der Waals surface area (Å²) < 4.78 is 0. The van der Waals surface area contributed by atoms with Crippen molar-refractivity contribution in [3.63, 3.8) is 0 Å². The van der Waals surface area contributed by atoms with Gasteiger partial charge in [0, 0.05) is 11.5 Å². The number of hydrogen-bond acceptors (Lipinski definition) is 8. The minimum atomic E-state index is -0.0753. The highest BCUT2D eigenvalue weighted by Gasteiger charge is 2.02. The van der Waals surface area contributed by atoms with Crippen LogP contribution in [0, 0.1) is 0 Å². The van der Waals surface area contributed by atoms with Crippen molar-refractivity contribution in [2.45, 2.75) is 0 Å². The van der Waals surface area contributed by atoms with E-state index in [4.69, 9.17) is 35.7 Å². The van der Waals surface area contributed by atoms with Gasteiger partial charge in [-0.15, -0.1) is 0 Å². The normalized spacial score (nSPS) is 9.71. The van der Waals surface area contributed by atoms with Crippen LogP contribution in [-0.4, -0.2) is 40.9 Å². The third-order valence-corrected chi connectivity index (χ3v) is 5.63. The molecular weight excluding hydrogens is 536 g/mol. The molecule has 0 heterocycles. The molecule has 0 aliphatic carbocycles. The maximum absolute atomic E-state index is 9.41. The predicted molar refractivity (Wildman–Crippen MR) is 162 cm³/mol. The Balaban J connectivity index is 0.000000158. The molecule has 8 N–H and O–H groups in total. The molecule has 0 unspecified atom stereocenters. The Morgan fingerprint density at radius 1 is 0.310 bits per heavy atom. The summed E-state index contributed by atoms with van der Waals surface area (Å²) in [6, 6.07) is 36.1. The van der Waals surface area contributed by atoms with E-state index in [1.54, 1.807) is 42.5 Å². The van der Waals surface area contributed by atoms with Crippen molar-refractivity contribution in [1.82, 2.24) is 0 Å². The average Bonchev–Trinajstić information content (AvgIpc) is 2.99. The summed E-state index contributed by atoms with van der Waals surface area (Å²) in [6.07, 6.45) is 0. The number of rotatable bonds is 1. The monoisotopic (exact) mass is 566 g/mol. The van der Waals surface area contributed by atoms with E-state index in [1.807, 2.05) is 42.5 Å². The lowest BCUT2D eigenvalue weighted by Crippen LogP contribution is -1.75. The highest BCUT2D eigenvalue weighted by Crippen LogP contribution is 2.32. The zero-order valence-electron chi connectivity index (χ0n) is 22.3. The molecule has 8 heteroatoms. The average molecular weight is 567 g/mol. The molecule has 0 radical (unpaired) electrons. The maximum Gasteiger partial charge on any atom is 0.165 e. The predicted octanol–water partition coefficient (Wildman–Crippen LogP) is 7.21. The molecule has 0 aliphatic heterocycles. The van der Waals surface area contributed by atoms with Gasteiger partial charge in [-0.25, -0.2) is 0 Å². The molecule has 0 fully saturated rings. The van der Waals surface area contributed by atoms with Gasteiger partial charge in [-0.1, -0.05) is 60.7 Å². The molecule has 0 amide bonds. The van der Waals surface area contributed by atoms with E-state index in [1.165, 1.54) is 48.5 Å². The van der Waals surface area contributed by atoms with Gasteiger partial charge in [0.1, 0.15) is 34.5 Å². The van der Waals surface area contributed by atoms with Crippen LogP contribution in [0.1, 0.15) is 0 Å². The van der Waals surface area contributed by atoms with Crippen LogP contribution in [0.5, 0.6) is 46.0 Å². The molecule has 6 rings (SSSR count). The number of fused-ring (bicyclic) bond motifs is 1. The molecule has 6 aromatic rings. The second-order valence-electron chi connectivity index (χ2n) is 8.78. The zero-order chi connectivity index (χ0) is 30.5. The van der Waals surface area contributed by atoms with E-state index in [9.17, 15) is 5.11 Å². The van der Waals surface area contributed by atoms with Gasteiger partial charge in [0.2, 0.25) is 0 Å². The Morgan fingerprint density at radius 3 is 1.12 bits per heavy atom. The first-order chi connectivity index (χ1) is 20.1. The highest BCUT2D eigenvalue weighted by atomic mass is 16.3. The SMILES string of the molecule is Oc1ccc(-c2ccc(O)cc2)cc1.Oc1ccc(O)cc1.Oc1ccc2ccccc2c1O.Oc1cccc(O)c1. The first-order valence-electron chi connectivity index (χ1n) is 12.6. The molecular formula is C34H30O8. The smallest absolute Gasteiger partial charge is 0.165 e. The number of benzene rings is 6. The number of phenolic OH excluding ortho intramolecular Hbond substituents is 8. The van der Waals surface area contributed by atoms with Gasteiger partial charge in [-0.05, 0) is 83.2 Å². The summed E-state index contributed by atoms with van der Waals surface area (Å²) >= 11 is 0. The van der Waals surface area contributed by atoms with Gasteiger partial charge < -0.3 is 40.9 Å². The van der Waals surface area contributed by atoms with E-state index in [-0.39, 0.29) is 46.0 Å². The topological polar surface area (TPSA) is 162 Å². The third-order valence-electron chi connectivity index (χ3n) is 5.63. The van der Waals surface area contributed by atoms with Crippen LogP contribution in [0.3, 0.4) is 0 Å². The van der Waals surface area contributed by atoms with Gasteiger partial charge >= 0.3 is 0 Å². The van der Waals surface area contributed by atoms with Crippen molar-refractivity contribution < 1.29 is 40.9 Å². The van der Waals surface area contributed by atoms with Gasteiger partial charge in [-0.2, -0.15) is 0 Å². The second-order valence-corrected chi connectivity index (χ2v) is 8.78. The number of aromatic hydroxyl groups is 8. The first kappa shape index (κ1) is 30.5. The molecule has 0 saturated carbocycles. The summed E-state index contributed by atoms with van der Waals surface area (Å²) in [5.74, 6) is 0.905. The largest absolute Gasteiger partial charge is 0.508 e. The molecule has 0 bridgehead atoms. The van der Waals surface area contributed by atoms with Crippen LogP contribution in [0.15, 0.2) is 133 Å². The molecule has 214 valence electrons. The molecule has 0 aliphatic rings. The number of hydrogen-bond donors (Lipinski definition) is 8. The van der Waals surface area contributed by atoms with Crippen molar-refractivity contribution in [3.05, 3.63) is 133 Å². The molecule has 0 saturated heterocycles. The molecule has 42 heavy (non-hydrogen) atoms.